The first-order valence-corrected chi connectivity index (χ1v) is 8.51. The molecule has 0 aromatic carbocycles. The third-order valence-corrected chi connectivity index (χ3v) is 5.03. The van der Waals surface area contributed by atoms with E-state index in [4.69, 9.17) is 0 Å². The van der Waals surface area contributed by atoms with E-state index >= 15 is 0 Å². The fourth-order valence-corrected chi connectivity index (χ4v) is 3.68. The second-order valence-electron chi connectivity index (χ2n) is 5.62. The van der Waals surface area contributed by atoms with Crippen LogP contribution < -0.4 is 5.32 Å². The van der Waals surface area contributed by atoms with Crippen LogP contribution in [-0.2, 0) is 4.79 Å². The van der Waals surface area contributed by atoms with Crippen molar-refractivity contribution in [3.05, 3.63) is 52.0 Å². The molecule has 0 radical (unpaired) electrons. The number of carbonyl (C=O) groups excluding carboxylic acids is 2. The summed E-state index contributed by atoms with van der Waals surface area (Å²) in [5, 5.41) is 2.73. The molecule has 1 N–H and O–H groups in total. The molecule has 120 valence electrons. The predicted molar refractivity (Wildman–Crippen MR) is 89.3 cm³/mol. The quantitative estimate of drug-likeness (QED) is 0.937. The fraction of sp³-hybridized carbons (Fsp3) is 0.353. The molecule has 1 aliphatic heterocycles. The zero-order valence-electron chi connectivity index (χ0n) is 13.0. The molecule has 1 fully saturated rings. The highest BCUT2D eigenvalue weighted by Crippen LogP contribution is 2.31. The van der Waals surface area contributed by atoms with E-state index in [1.807, 2.05) is 30.0 Å². The van der Waals surface area contributed by atoms with Crippen molar-refractivity contribution in [2.75, 3.05) is 13.1 Å². The zero-order valence-corrected chi connectivity index (χ0v) is 13.8. The number of amides is 2. The topological polar surface area (TPSA) is 62.3 Å². The molecule has 1 aliphatic rings. The van der Waals surface area contributed by atoms with Gasteiger partial charge in [-0.2, -0.15) is 0 Å². The highest BCUT2D eigenvalue weighted by Gasteiger charge is 2.29. The van der Waals surface area contributed by atoms with Crippen molar-refractivity contribution in [1.82, 2.24) is 15.2 Å². The van der Waals surface area contributed by atoms with Crippen molar-refractivity contribution in [1.29, 1.82) is 0 Å². The van der Waals surface area contributed by atoms with Gasteiger partial charge in [-0.05, 0) is 49.6 Å². The van der Waals surface area contributed by atoms with E-state index in [0.29, 0.717) is 4.88 Å². The van der Waals surface area contributed by atoms with E-state index in [1.165, 1.54) is 11.3 Å². The number of carbonyl (C=O) groups is 2. The van der Waals surface area contributed by atoms with Gasteiger partial charge in [0.15, 0.2) is 0 Å². The lowest BCUT2D eigenvalue weighted by molar-refractivity contribution is -0.131. The lowest BCUT2D eigenvalue weighted by atomic mass is 10.1. The molecule has 3 rings (SSSR count). The van der Waals surface area contributed by atoms with Gasteiger partial charge in [0.1, 0.15) is 0 Å². The minimum Gasteiger partial charge on any atom is -0.342 e. The van der Waals surface area contributed by atoms with Gasteiger partial charge >= 0.3 is 0 Å². The molecule has 2 amide bonds. The Morgan fingerprint density at radius 1 is 1.30 bits per heavy atom. The van der Waals surface area contributed by atoms with Crippen molar-refractivity contribution in [2.24, 2.45) is 0 Å². The van der Waals surface area contributed by atoms with Gasteiger partial charge in [0.2, 0.25) is 5.91 Å². The Bertz CT molecular complexity index is 699. The number of nitrogens with one attached hydrogen (secondary N) is 1. The third kappa shape index (κ3) is 3.59. The SMILES string of the molecule is Cc1ccc(C(=O)NCC(=O)N2CCCC2c2ccncc2)s1. The Morgan fingerprint density at radius 2 is 2.09 bits per heavy atom. The number of hydrogen-bond donors (Lipinski definition) is 1. The molecule has 0 saturated carbocycles. The maximum Gasteiger partial charge on any atom is 0.261 e. The van der Waals surface area contributed by atoms with Gasteiger partial charge in [0.25, 0.3) is 5.91 Å². The van der Waals surface area contributed by atoms with E-state index in [9.17, 15) is 9.59 Å². The molecule has 6 heteroatoms. The number of likely N-dealkylation sites (tertiary alicyclic amines) is 1. The Balaban J connectivity index is 1.60. The Morgan fingerprint density at radius 3 is 2.78 bits per heavy atom. The van der Waals surface area contributed by atoms with Crippen LogP contribution >= 0.6 is 11.3 Å². The third-order valence-electron chi connectivity index (χ3n) is 4.03. The molecule has 1 saturated heterocycles. The monoisotopic (exact) mass is 329 g/mol. The highest BCUT2D eigenvalue weighted by atomic mass is 32.1. The summed E-state index contributed by atoms with van der Waals surface area (Å²) < 4.78 is 0. The smallest absolute Gasteiger partial charge is 0.261 e. The Labute approximate surface area is 139 Å². The number of nitrogens with zero attached hydrogens (tertiary/aromatic N) is 2. The molecular formula is C17H19N3O2S. The molecule has 2 aromatic rings. The molecule has 0 spiro atoms. The van der Waals surface area contributed by atoms with Crippen LogP contribution in [0.5, 0.6) is 0 Å². The number of aromatic nitrogens is 1. The molecule has 5 nitrogen and oxygen atoms in total. The van der Waals surface area contributed by atoms with Crippen molar-refractivity contribution in [2.45, 2.75) is 25.8 Å². The summed E-state index contributed by atoms with van der Waals surface area (Å²) in [6, 6.07) is 7.68. The standard InChI is InChI=1S/C17H19N3O2S/c1-12-4-5-15(23-12)17(22)19-11-16(21)20-10-2-3-14(20)13-6-8-18-9-7-13/h4-9,14H,2-3,10-11H2,1H3,(H,19,22). The minimum absolute atomic E-state index is 0.0362. The number of thiophene rings is 1. The van der Waals surface area contributed by atoms with Crippen LogP contribution in [0.1, 0.15) is 39.0 Å². The number of aryl methyl sites for hydroxylation is 1. The molecule has 23 heavy (non-hydrogen) atoms. The first-order chi connectivity index (χ1) is 11.1. The lowest BCUT2D eigenvalue weighted by Gasteiger charge is -2.25. The molecule has 3 heterocycles. The summed E-state index contributed by atoms with van der Waals surface area (Å²) in [4.78, 5) is 32.1. The van der Waals surface area contributed by atoms with Crippen molar-refractivity contribution >= 4 is 23.2 Å². The molecule has 1 unspecified atom stereocenters. The van der Waals surface area contributed by atoms with Gasteiger partial charge in [0.05, 0.1) is 17.5 Å². The average molecular weight is 329 g/mol. The average Bonchev–Trinajstić information content (AvgIpc) is 3.22. The Kier molecular flexibility index (Phi) is 4.71. The summed E-state index contributed by atoms with van der Waals surface area (Å²) in [6.45, 7) is 2.73. The number of hydrogen-bond acceptors (Lipinski definition) is 4. The van der Waals surface area contributed by atoms with Crippen LogP contribution in [-0.4, -0.2) is 34.8 Å². The normalized spacial score (nSPS) is 17.3. The maximum absolute atomic E-state index is 12.5. The summed E-state index contributed by atoms with van der Waals surface area (Å²) in [5.41, 5.74) is 1.10. The Hall–Kier alpha value is -2.21. The van der Waals surface area contributed by atoms with Gasteiger partial charge < -0.3 is 10.2 Å². The van der Waals surface area contributed by atoms with E-state index in [0.717, 1.165) is 29.8 Å². The second kappa shape index (κ2) is 6.91. The van der Waals surface area contributed by atoms with E-state index in [-0.39, 0.29) is 24.4 Å². The molecule has 1 atom stereocenters. The molecular weight excluding hydrogens is 310 g/mol. The first-order valence-electron chi connectivity index (χ1n) is 7.69. The predicted octanol–water partition coefficient (Wildman–Crippen LogP) is 2.55. The van der Waals surface area contributed by atoms with Crippen LogP contribution in [0.3, 0.4) is 0 Å². The van der Waals surface area contributed by atoms with Crippen LogP contribution in [0.15, 0.2) is 36.7 Å². The summed E-state index contributed by atoms with van der Waals surface area (Å²) in [6.07, 6.45) is 5.43. The summed E-state index contributed by atoms with van der Waals surface area (Å²) >= 11 is 1.43. The lowest BCUT2D eigenvalue weighted by Crippen LogP contribution is -2.39. The van der Waals surface area contributed by atoms with Crippen molar-refractivity contribution in [3.8, 4) is 0 Å². The number of pyridine rings is 1. The van der Waals surface area contributed by atoms with Crippen LogP contribution in [0, 0.1) is 6.92 Å². The zero-order chi connectivity index (χ0) is 16.2. The van der Waals surface area contributed by atoms with Crippen molar-refractivity contribution in [3.63, 3.8) is 0 Å². The maximum atomic E-state index is 12.5. The van der Waals surface area contributed by atoms with Gasteiger partial charge in [-0.1, -0.05) is 0 Å². The van der Waals surface area contributed by atoms with E-state index < -0.39 is 0 Å². The molecule has 2 aromatic heterocycles. The molecule has 0 bridgehead atoms. The number of rotatable bonds is 4. The van der Waals surface area contributed by atoms with Crippen LogP contribution in [0.2, 0.25) is 0 Å². The largest absolute Gasteiger partial charge is 0.342 e. The summed E-state index contributed by atoms with van der Waals surface area (Å²) in [7, 11) is 0. The van der Waals surface area contributed by atoms with E-state index in [1.54, 1.807) is 18.5 Å². The van der Waals surface area contributed by atoms with Gasteiger partial charge in [-0.15, -0.1) is 11.3 Å². The summed E-state index contributed by atoms with van der Waals surface area (Å²) in [5.74, 6) is -0.220. The second-order valence-corrected chi connectivity index (χ2v) is 6.91. The van der Waals surface area contributed by atoms with E-state index in [2.05, 4.69) is 10.3 Å². The van der Waals surface area contributed by atoms with Gasteiger partial charge in [0, 0.05) is 23.8 Å². The van der Waals surface area contributed by atoms with Crippen LogP contribution in [0.4, 0.5) is 0 Å². The van der Waals surface area contributed by atoms with Gasteiger partial charge in [-0.25, -0.2) is 0 Å². The fourth-order valence-electron chi connectivity index (χ4n) is 2.90. The minimum atomic E-state index is -0.184. The van der Waals surface area contributed by atoms with Gasteiger partial charge in [-0.3, -0.25) is 14.6 Å². The van der Waals surface area contributed by atoms with Crippen molar-refractivity contribution < 1.29 is 9.59 Å². The first kappa shape index (κ1) is 15.7. The molecule has 0 aliphatic carbocycles. The van der Waals surface area contributed by atoms with Crippen LogP contribution in [0.25, 0.3) is 0 Å². The highest BCUT2D eigenvalue weighted by molar-refractivity contribution is 7.13.